The highest BCUT2D eigenvalue weighted by atomic mass is 16.6. The molecular formula is C27H25NO8. The first-order chi connectivity index (χ1) is 17.4. The Kier molecular flexibility index (Phi) is 8.66. The molecule has 0 radical (unpaired) electrons. The van der Waals surface area contributed by atoms with Crippen molar-refractivity contribution in [3.05, 3.63) is 100 Å². The summed E-state index contributed by atoms with van der Waals surface area (Å²) in [5, 5.41) is 10.8. The number of non-ortho nitro benzene ring substituents is 1. The van der Waals surface area contributed by atoms with Crippen LogP contribution in [0.25, 0.3) is 5.57 Å². The quantitative estimate of drug-likeness (QED) is 0.0949. The van der Waals surface area contributed by atoms with Crippen LogP contribution in [0.1, 0.15) is 11.1 Å². The van der Waals surface area contributed by atoms with Gasteiger partial charge in [-0.1, -0.05) is 24.3 Å². The lowest BCUT2D eigenvalue weighted by atomic mass is 9.96. The Morgan fingerprint density at radius 3 is 1.69 bits per heavy atom. The number of methoxy groups -OCH3 is 4. The van der Waals surface area contributed by atoms with Crippen molar-refractivity contribution in [1.29, 1.82) is 0 Å². The molecule has 3 aromatic rings. The Morgan fingerprint density at radius 1 is 0.750 bits per heavy atom. The number of hydrogen-bond donors (Lipinski definition) is 0. The summed E-state index contributed by atoms with van der Waals surface area (Å²) in [5.41, 5.74) is 2.26. The Morgan fingerprint density at radius 2 is 1.25 bits per heavy atom. The molecule has 0 unspecified atom stereocenters. The SMILES string of the molecule is COc1ccc(C(=C/C=C/C(=O)Oc2ccc([N+](=O)[O-])cc2)c2ccc(OC)c(OC)c2)cc1OC. The van der Waals surface area contributed by atoms with Crippen LogP contribution < -0.4 is 23.7 Å². The number of hydrogen-bond acceptors (Lipinski definition) is 8. The highest BCUT2D eigenvalue weighted by Gasteiger charge is 2.13. The molecule has 0 amide bonds. The molecule has 0 spiro atoms. The molecule has 0 atom stereocenters. The summed E-state index contributed by atoms with van der Waals surface area (Å²) in [6.45, 7) is 0. The molecule has 0 saturated carbocycles. The van der Waals surface area contributed by atoms with E-state index in [1.165, 1.54) is 30.3 Å². The van der Waals surface area contributed by atoms with Gasteiger partial charge >= 0.3 is 5.97 Å². The van der Waals surface area contributed by atoms with Crippen LogP contribution in [0.2, 0.25) is 0 Å². The molecule has 9 nitrogen and oxygen atoms in total. The third kappa shape index (κ3) is 6.20. The minimum Gasteiger partial charge on any atom is -0.493 e. The zero-order valence-electron chi connectivity index (χ0n) is 20.2. The summed E-state index contributed by atoms with van der Waals surface area (Å²) in [7, 11) is 6.22. The fourth-order valence-corrected chi connectivity index (χ4v) is 3.38. The van der Waals surface area contributed by atoms with E-state index in [1.54, 1.807) is 52.7 Å². The predicted octanol–water partition coefficient (Wildman–Crippen LogP) is 5.22. The van der Waals surface area contributed by atoms with Crippen LogP contribution in [0.15, 0.2) is 78.9 Å². The largest absolute Gasteiger partial charge is 0.493 e. The second-order valence-electron chi connectivity index (χ2n) is 7.25. The normalized spacial score (nSPS) is 10.4. The van der Waals surface area contributed by atoms with E-state index in [-0.39, 0.29) is 11.4 Å². The van der Waals surface area contributed by atoms with E-state index in [4.69, 9.17) is 23.7 Å². The van der Waals surface area contributed by atoms with Crippen molar-refractivity contribution in [3.8, 4) is 28.7 Å². The van der Waals surface area contributed by atoms with Crippen LogP contribution in [-0.2, 0) is 4.79 Å². The number of ether oxygens (including phenoxy) is 5. The molecule has 9 heteroatoms. The molecule has 36 heavy (non-hydrogen) atoms. The molecule has 0 aliphatic rings. The number of allylic oxidation sites excluding steroid dienone is 2. The lowest BCUT2D eigenvalue weighted by molar-refractivity contribution is -0.384. The van der Waals surface area contributed by atoms with Crippen molar-refractivity contribution in [2.24, 2.45) is 0 Å². The van der Waals surface area contributed by atoms with E-state index in [0.29, 0.717) is 23.0 Å². The summed E-state index contributed by atoms with van der Waals surface area (Å²) in [5.74, 6) is 1.80. The molecule has 3 aromatic carbocycles. The minimum absolute atomic E-state index is 0.0947. The Balaban J connectivity index is 1.94. The minimum atomic E-state index is -0.640. The van der Waals surface area contributed by atoms with Crippen molar-refractivity contribution in [2.45, 2.75) is 0 Å². The second kappa shape index (κ2) is 12.1. The van der Waals surface area contributed by atoms with Gasteiger partial charge in [-0.2, -0.15) is 0 Å². The van der Waals surface area contributed by atoms with Crippen molar-refractivity contribution in [3.63, 3.8) is 0 Å². The number of rotatable bonds is 10. The van der Waals surface area contributed by atoms with Gasteiger partial charge in [0.05, 0.1) is 33.4 Å². The average Bonchev–Trinajstić information content (AvgIpc) is 2.90. The molecule has 0 bridgehead atoms. The highest BCUT2D eigenvalue weighted by Crippen LogP contribution is 2.36. The zero-order valence-corrected chi connectivity index (χ0v) is 20.2. The average molecular weight is 491 g/mol. The van der Waals surface area contributed by atoms with Gasteiger partial charge in [-0.25, -0.2) is 4.79 Å². The molecule has 0 aliphatic carbocycles. The predicted molar refractivity (Wildman–Crippen MR) is 134 cm³/mol. The molecule has 0 fully saturated rings. The van der Waals surface area contributed by atoms with Gasteiger partial charge in [0.1, 0.15) is 5.75 Å². The molecule has 3 rings (SSSR count). The number of nitrogens with zero attached hydrogens (tertiary/aromatic N) is 1. The summed E-state index contributed by atoms with van der Waals surface area (Å²) < 4.78 is 26.8. The van der Waals surface area contributed by atoms with Crippen LogP contribution in [0.4, 0.5) is 5.69 Å². The van der Waals surface area contributed by atoms with Crippen LogP contribution >= 0.6 is 0 Å². The van der Waals surface area contributed by atoms with Gasteiger partial charge in [0, 0.05) is 18.2 Å². The molecule has 0 saturated heterocycles. The third-order valence-corrected chi connectivity index (χ3v) is 5.15. The smallest absolute Gasteiger partial charge is 0.336 e. The molecular weight excluding hydrogens is 466 g/mol. The summed E-state index contributed by atoms with van der Waals surface area (Å²) in [4.78, 5) is 22.6. The van der Waals surface area contributed by atoms with Gasteiger partial charge in [-0.05, 0) is 53.1 Å². The fourth-order valence-electron chi connectivity index (χ4n) is 3.38. The number of benzene rings is 3. The topological polar surface area (TPSA) is 106 Å². The Bertz CT molecular complexity index is 1240. The van der Waals surface area contributed by atoms with Crippen molar-refractivity contribution in [2.75, 3.05) is 28.4 Å². The lowest BCUT2D eigenvalue weighted by Gasteiger charge is -2.14. The van der Waals surface area contributed by atoms with E-state index < -0.39 is 10.9 Å². The maximum Gasteiger partial charge on any atom is 0.336 e. The molecule has 0 heterocycles. The molecule has 0 aromatic heterocycles. The van der Waals surface area contributed by atoms with Gasteiger partial charge in [-0.3, -0.25) is 10.1 Å². The highest BCUT2D eigenvalue weighted by molar-refractivity contribution is 5.87. The summed E-state index contributed by atoms with van der Waals surface area (Å²) in [6.07, 6.45) is 4.55. The Labute approximate surface area is 208 Å². The number of nitro groups is 1. The number of esters is 1. The van der Waals surface area contributed by atoms with Crippen LogP contribution in [0.5, 0.6) is 28.7 Å². The first kappa shape index (κ1) is 25.8. The van der Waals surface area contributed by atoms with Crippen molar-refractivity contribution in [1.82, 2.24) is 0 Å². The van der Waals surface area contributed by atoms with Gasteiger partial charge in [0.15, 0.2) is 23.0 Å². The molecule has 0 aliphatic heterocycles. The van der Waals surface area contributed by atoms with Gasteiger partial charge < -0.3 is 23.7 Å². The van der Waals surface area contributed by atoms with Crippen LogP contribution in [0.3, 0.4) is 0 Å². The van der Waals surface area contributed by atoms with Gasteiger partial charge in [0.2, 0.25) is 0 Å². The number of carbonyl (C=O) groups is 1. The second-order valence-corrected chi connectivity index (χ2v) is 7.25. The fraction of sp³-hybridized carbons (Fsp3) is 0.148. The first-order valence-electron chi connectivity index (χ1n) is 10.7. The Hall–Kier alpha value is -4.79. The van der Waals surface area contributed by atoms with E-state index in [0.717, 1.165) is 16.7 Å². The maximum atomic E-state index is 12.3. The molecule has 186 valence electrons. The maximum absolute atomic E-state index is 12.3. The number of nitro benzene ring substituents is 1. The van der Waals surface area contributed by atoms with E-state index in [9.17, 15) is 14.9 Å². The summed E-state index contributed by atoms with van der Waals surface area (Å²) >= 11 is 0. The standard InChI is InChI=1S/C27H25NO8/c1-32-23-14-8-18(16-25(23)34-3)22(19-9-15-24(33-2)26(17-19)35-4)6-5-7-27(29)36-21-12-10-20(11-13-21)28(30)31/h5-17H,1-4H3/b7-5+. The molecule has 0 N–H and O–H groups in total. The van der Waals surface area contributed by atoms with Gasteiger partial charge in [-0.15, -0.1) is 0 Å². The van der Waals surface area contributed by atoms with Crippen LogP contribution in [0, 0.1) is 10.1 Å². The first-order valence-corrected chi connectivity index (χ1v) is 10.7. The summed E-state index contributed by atoms with van der Waals surface area (Å²) in [6, 6.07) is 16.2. The van der Waals surface area contributed by atoms with Crippen molar-refractivity contribution >= 4 is 17.2 Å². The van der Waals surface area contributed by atoms with E-state index >= 15 is 0 Å². The zero-order chi connectivity index (χ0) is 26.1. The number of carbonyl (C=O) groups excluding carboxylic acids is 1. The van der Waals surface area contributed by atoms with Crippen molar-refractivity contribution < 1.29 is 33.4 Å². The van der Waals surface area contributed by atoms with E-state index in [1.807, 2.05) is 24.3 Å². The van der Waals surface area contributed by atoms with Crippen LogP contribution in [-0.4, -0.2) is 39.3 Å². The third-order valence-electron chi connectivity index (χ3n) is 5.15. The van der Waals surface area contributed by atoms with E-state index in [2.05, 4.69) is 0 Å². The lowest BCUT2D eigenvalue weighted by Crippen LogP contribution is -2.03. The van der Waals surface area contributed by atoms with Gasteiger partial charge in [0.25, 0.3) is 5.69 Å². The monoisotopic (exact) mass is 491 g/mol.